The van der Waals surface area contributed by atoms with Crippen LogP contribution in [-0.4, -0.2) is 60.1 Å². The Balaban J connectivity index is 2.15. The summed E-state index contributed by atoms with van der Waals surface area (Å²) in [5, 5.41) is 9.69. The topological polar surface area (TPSA) is 70.1 Å². The molecule has 0 spiro atoms. The molecular formula is C22H34N2O4. The molecule has 1 aliphatic rings. The Morgan fingerprint density at radius 2 is 1.75 bits per heavy atom. The predicted octanol–water partition coefficient (Wildman–Crippen LogP) is 3.57. The van der Waals surface area contributed by atoms with Crippen LogP contribution < -0.4 is 4.74 Å². The van der Waals surface area contributed by atoms with E-state index in [-0.39, 0.29) is 18.5 Å². The van der Waals surface area contributed by atoms with E-state index in [0.29, 0.717) is 13.0 Å². The molecule has 2 unspecified atom stereocenters. The van der Waals surface area contributed by atoms with Crippen molar-refractivity contribution in [3.05, 3.63) is 29.8 Å². The number of carboxylic acids is 1. The number of benzene rings is 1. The molecule has 0 bridgehead atoms. The maximum Gasteiger partial charge on any atom is 0.308 e. The van der Waals surface area contributed by atoms with Crippen LogP contribution in [-0.2, 0) is 9.59 Å². The second-order valence-electron chi connectivity index (χ2n) is 7.51. The molecule has 1 saturated heterocycles. The first kappa shape index (κ1) is 22.2. The van der Waals surface area contributed by atoms with Gasteiger partial charge in [-0.2, -0.15) is 0 Å². The number of aliphatic carboxylic acids is 1. The minimum Gasteiger partial charge on any atom is -0.497 e. The van der Waals surface area contributed by atoms with Gasteiger partial charge in [-0.1, -0.05) is 38.8 Å². The fourth-order valence-corrected chi connectivity index (χ4v) is 3.87. The molecule has 1 aromatic carbocycles. The number of nitrogens with zero attached hydrogens (tertiary/aromatic N) is 2. The first-order valence-electron chi connectivity index (χ1n) is 10.4. The summed E-state index contributed by atoms with van der Waals surface area (Å²) >= 11 is 0. The highest BCUT2D eigenvalue weighted by Crippen LogP contribution is 2.38. The van der Waals surface area contributed by atoms with Gasteiger partial charge in [0.15, 0.2) is 0 Å². The molecular weight excluding hydrogens is 356 g/mol. The third kappa shape index (κ3) is 5.71. The third-order valence-corrected chi connectivity index (χ3v) is 5.53. The van der Waals surface area contributed by atoms with Crippen molar-refractivity contribution in [2.75, 3.05) is 33.3 Å². The SMILES string of the molecule is CCCCN(CCCC)C(=O)CN1CCC(C(=O)O)C1c1ccc(OC)cc1. The molecule has 2 atom stereocenters. The zero-order chi connectivity index (χ0) is 20.5. The summed E-state index contributed by atoms with van der Waals surface area (Å²) in [4.78, 5) is 28.8. The highest BCUT2D eigenvalue weighted by molar-refractivity contribution is 5.79. The van der Waals surface area contributed by atoms with Gasteiger partial charge in [-0.3, -0.25) is 14.5 Å². The van der Waals surface area contributed by atoms with Gasteiger partial charge in [0.1, 0.15) is 5.75 Å². The zero-order valence-electron chi connectivity index (χ0n) is 17.4. The van der Waals surface area contributed by atoms with Gasteiger partial charge in [0.25, 0.3) is 0 Å². The zero-order valence-corrected chi connectivity index (χ0v) is 17.4. The summed E-state index contributed by atoms with van der Waals surface area (Å²) in [5.41, 5.74) is 0.923. The van der Waals surface area contributed by atoms with Crippen LogP contribution >= 0.6 is 0 Å². The second-order valence-corrected chi connectivity index (χ2v) is 7.51. The van der Waals surface area contributed by atoms with Crippen molar-refractivity contribution in [3.63, 3.8) is 0 Å². The number of hydrogen-bond donors (Lipinski definition) is 1. The van der Waals surface area contributed by atoms with E-state index in [1.54, 1.807) is 7.11 Å². The number of methoxy groups -OCH3 is 1. The van der Waals surface area contributed by atoms with Crippen LogP contribution in [0.2, 0.25) is 0 Å². The molecule has 1 N–H and O–H groups in total. The van der Waals surface area contributed by atoms with E-state index in [0.717, 1.165) is 50.1 Å². The van der Waals surface area contributed by atoms with E-state index in [1.165, 1.54) is 0 Å². The molecule has 0 saturated carbocycles. The lowest BCUT2D eigenvalue weighted by atomic mass is 9.93. The lowest BCUT2D eigenvalue weighted by Crippen LogP contribution is -2.42. The fraction of sp³-hybridized carbons (Fsp3) is 0.636. The lowest BCUT2D eigenvalue weighted by Gasteiger charge is -2.30. The molecule has 2 rings (SSSR count). The molecule has 1 fully saturated rings. The summed E-state index contributed by atoms with van der Waals surface area (Å²) in [5.74, 6) is -0.460. The number of likely N-dealkylation sites (tertiary alicyclic amines) is 1. The van der Waals surface area contributed by atoms with Gasteiger partial charge < -0.3 is 14.7 Å². The number of carbonyl (C=O) groups excluding carboxylic acids is 1. The fourth-order valence-electron chi connectivity index (χ4n) is 3.87. The lowest BCUT2D eigenvalue weighted by molar-refractivity contribution is -0.143. The number of hydrogen-bond acceptors (Lipinski definition) is 4. The Kier molecular flexibility index (Phi) is 8.77. The van der Waals surface area contributed by atoms with Crippen LogP contribution in [0, 0.1) is 5.92 Å². The minimum atomic E-state index is -0.801. The van der Waals surface area contributed by atoms with Crippen molar-refractivity contribution in [2.45, 2.75) is 52.0 Å². The summed E-state index contributed by atoms with van der Waals surface area (Å²) in [6.07, 6.45) is 4.65. The molecule has 6 heteroatoms. The van der Waals surface area contributed by atoms with Gasteiger partial charge in [-0.15, -0.1) is 0 Å². The number of ether oxygens (including phenoxy) is 1. The number of amides is 1. The van der Waals surface area contributed by atoms with Gasteiger partial charge in [0, 0.05) is 25.7 Å². The smallest absolute Gasteiger partial charge is 0.308 e. The summed E-state index contributed by atoms with van der Waals surface area (Å²) in [6, 6.07) is 7.23. The van der Waals surface area contributed by atoms with Gasteiger partial charge in [-0.25, -0.2) is 0 Å². The van der Waals surface area contributed by atoms with Crippen LogP contribution in [0.3, 0.4) is 0 Å². The van der Waals surface area contributed by atoms with Crippen LogP contribution in [0.1, 0.15) is 57.6 Å². The largest absolute Gasteiger partial charge is 0.497 e. The molecule has 28 heavy (non-hydrogen) atoms. The average Bonchev–Trinajstić information content (AvgIpc) is 3.11. The van der Waals surface area contributed by atoms with E-state index < -0.39 is 11.9 Å². The standard InChI is InChI=1S/C22H34N2O4/c1-4-6-13-23(14-7-5-2)20(25)16-24-15-12-19(22(26)27)21(24)17-8-10-18(28-3)11-9-17/h8-11,19,21H,4-7,12-16H2,1-3H3,(H,26,27). The van der Waals surface area contributed by atoms with Crippen LogP contribution in [0.5, 0.6) is 5.75 Å². The predicted molar refractivity (Wildman–Crippen MR) is 109 cm³/mol. The molecule has 156 valence electrons. The van der Waals surface area contributed by atoms with E-state index >= 15 is 0 Å². The normalized spacial score (nSPS) is 19.5. The highest BCUT2D eigenvalue weighted by Gasteiger charge is 2.40. The molecule has 0 aliphatic carbocycles. The maximum absolute atomic E-state index is 13.0. The average molecular weight is 391 g/mol. The Hall–Kier alpha value is -2.08. The molecule has 1 amide bonds. The molecule has 1 aromatic rings. The van der Waals surface area contributed by atoms with Crippen LogP contribution in [0.25, 0.3) is 0 Å². The van der Waals surface area contributed by atoms with E-state index in [4.69, 9.17) is 4.74 Å². The number of carbonyl (C=O) groups is 2. The molecule has 1 aliphatic heterocycles. The molecule has 1 heterocycles. The number of rotatable bonds is 11. The van der Waals surface area contributed by atoms with Crippen molar-refractivity contribution < 1.29 is 19.4 Å². The monoisotopic (exact) mass is 390 g/mol. The van der Waals surface area contributed by atoms with Gasteiger partial charge in [0.05, 0.1) is 19.6 Å². The molecule has 0 aromatic heterocycles. The van der Waals surface area contributed by atoms with E-state index in [9.17, 15) is 14.7 Å². The first-order chi connectivity index (χ1) is 13.5. The van der Waals surface area contributed by atoms with Crippen LogP contribution in [0.4, 0.5) is 0 Å². The van der Waals surface area contributed by atoms with Crippen LogP contribution in [0.15, 0.2) is 24.3 Å². The Bertz CT molecular complexity index is 624. The summed E-state index contributed by atoms with van der Waals surface area (Å²) in [6.45, 7) is 6.69. The quantitative estimate of drug-likeness (QED) is 0.625. The van der Waals surface area contributed by atoms with Gasteiger partial charge in [-0.05, 0) is 37.0 Å². The first-order valence-corrected chi connectivity index (χ1v) is 10.4. The highest BCUT2D eigenvalue weighted by atomic mass is 16.5. The Morgan fingerprint density at radius 1 is 1.14 bits per heavy atom. The van der Waals surface area contributed by atoms with E-state index in [2.05, 4.69) is 13.8 Å². The summed E-state index contributed by atoms with van der Waals surface area (Å²) < 4.78 is 5.21. The molecule has 6 nitrogen and oxygen atoms in total. The van der Waals surface area contributed by atoms with Gasteiger partial charge >= 0.3 is 5.97 Å². The third-order valence-electron chi connectivity index (χ3n) is 5.53. The number of unbranched alkanes of at least 4 members (excludes halogenated alkanes) is 2. The second kappa shape index (κ2) is 11.1. The van der Waals surface area contributed by atoms with Crippen molar-refractivity contribution in [2.24, 2.45) is 5.92 Å². The molecule has 0 radical (unpaired) electrons. The summed E-state index contributed by atoms with van der Waals surface area (Å²) in [7, 11) is 1.61. The minimum absolute atomic E-state index is 0.103. The van der Waals surface area contributed by atoms with Crippen molar-refractivity contribution >= 4 is 11.9 Å². The van der Waals surface area contributed by atoms with E-state index in [1.807, 2.05) is 34.1 Å². The Labute approximate surface area is 168 Å². The number of carboxylic acid groups (broad SMARTS) is 1. The van der Waals surface area contributed by atoms with Crippen molar-refractivity contribution in [1.82, 2.24) is 9.80 Å². The Morgan fingerprint density at radius 3 is 2.25 bits per heavy atom. The maximum atomic E-state index is 13.0. The van der Waals surface area contributed by atoms with Crippen molar-refractivity contribution in [3.8, 4) is 5.75 Å². The van der Waals surface area contributed by atoms with Gasteiger partial charge in [0.2, 0.25) is 5.91 Å². The van der Waals surface area contributed by atoms with Crippen molar-refractivity contribution in [1.29, 1.82) is 0 Å².